The Morgan fingerprint density at radius 3 is 2.44 bits per heavy atom. The molecular formula is C13H14N2O. The van der Waals surface area contributed by atoms with Crippen LogP contribution in [0.5, 0.6) is 0 Å². The van der Waals surface area contributed by atoms with Crippen molar-refractivity contribution in [2.75, 3.05) is 0 Å². The predicted molar refractivity (Wildman–Crippen MR) is 64.8 cm³/mol. The van der Waals surface area contributed by atoms with Crippen molar-refractivity contribution in [3.05, 3.63) is 47.5 Å². The van der Waals surface area contributed by atoms with Crippen LogP contribution in [-0.2, 0) is 4.79 Å². The molecule has 0 saturated carbocycles. The van der Waals surface area contributed by atoms with Crippen molar-refractivity contribution < 1.29 is 4.79 Å². The summed E-state index contributed by atoms with van der Waals surface area (Å²) in [7, 11) is 0. The van der Waals surface area contributed by atoms with Gasteiger partial charge in [-0.2, -0.15) is 0 Å². The van der Waals surface area contributed by atoms with Gasteiger partial charge in [0.05, 0.1) is 0 Å². The van der Waals surface area contributed by atoms with Gasteiger partial charge in [0.25, 0.3) is 0 Å². The van der Waals surface area contributed by atoms with Crippen LogP contribution < -0.4 is 11.5 Å². The Morgan fingerprint density at radius 2 is 1.75 bits per heavy atom. The molecule has 0 bridgehead atoms. The molecule has 0 aliphatic heterocycles. The smallest absolute Gasteiger partial charge is 0.238 e. The average Bonchev–Trinajstić information content (AvgIpc) is 2.27. The molecule has 0 heterocycles. The number of benzene rings is 2. The van der Waals surface area contributed by atoms with Crippen molar-refractivity contribution in [3.63, 3.8) is 0 Å². The van der Waals surface area contributed by atoms with Gasteiger partial charge in [0.2, 0.25) is 5.91 Å². The molecule has 4 N–H and O–H groups in total. The van der Waals surface area contributed by atoms with Crippen LogP contribution in [0.4, 0.5) is 0 Å². The van der Waals surface area contributed by atoms with Crippen LogP contribution in [0.25, 0.3) is 10.8 Å². The third kappa shape index (κ3) is 1.90. The Labute approximate surface area is 94.0 Å². The van der Waals surface area contributed by atoms with Crippen molar-refractivity contribution >= 4 is 16.7 Å². The van der Waals surface area contributed by atoms with E-state index in [0.29, 0.717) is 0 Å². The van der Waals surface area contributed by atoms with Crippen LogP contribution in [-0.4, -0.2) is 5.91 Å². The SMILES string of the molecule is Cc1ccc2cc(C(N)C(N)=O)ccc2c1. The van der Waals surface area contributed by atoms with E-state index in [4.69, 9.17) is 11.5 Å². The van der Waals surface area contributed by atoms with E-state index in [2.05, 4.69) is 6.07 Å². The molecule has 0 aliphatic rings. The molecule has 3 nitrogen and oxygen atoms in total. The number of rotatable bonds is 2. The Morgan fingerprint density at radius 1 is 1.12 bits per heavy atom. The number of nitrogens with two attached hydrogens (primary N) is 2. The maximum atomic E-state index is 11.0. The first-order chi connectivity index (χ1) is 7.58. The summed E-state index contributed by atoms with van der Waals surface area (Å²) in [5.41, 5.74) is 12.8. The topological polar surface area (TPSA) is 69.1 Å². The second-order valence-electron chi connectivity index (χ2n) is 3.99. The van der Waals surface area contributed by atoms with E-state index in [1.165, 1.54) is 5.56 Å². The van der Waals surface area contributed by atoms with Gasteiger partial charge in [-0.05, 0) is 29.3 Å². The minimum Gasteiger partial charge on any atom is -0.368 e. The number of amides is 1. The van der Waals surface area contributed by atoms with E-state index in [1.807, 2.05) is 37.3 Å². The molecule has 16 heavy (non-hydrogen) atoms. The van der Waals surface area contributed by atoms with Gasteiger partial charge >= 0.3 is 0 Å². The van der Waals surface area contributed by atoms with E-state index in [9.17, 15) is 4.79 Å². The summed E-state index contributed by atoms with van der Waals surface area (Å²) in [5, 5.41) is 2.21. The summed E-state index contributed by atoms with van der Waals surface area (Å²) in [6.07, 6.45) is 0. The zero-order valence-electron chi connectivity index (χ0n) is 9.10. The highest BCUT2D eigenvalue weighted by atomic mass is 16.1. The van der Waals surface area contributed by atoms with E-state index < -0.39 is 11.9 Å². The quantitative estimate of drug-likeness (QED) is 0.797. The second kappa shape index (κ2) is 3.94. The second-order valence-corrected chi connectivity index (χ2v) is 3.99. The fraction of sp³-hybridized carbons (Fsp3) is 0.154. The van der Waals surface area contributed by atoms with E-state index in [0.717, 1.165) is 16.3 Å². The Kier molecular flexibility index (Phi) is 2.62. The molecule has 0 saturated heterocycles. The number of fused-ring (bicyclic) bond motifs is 1. The van der Waals surface area contributed by atoms with Crippen LogP contribution in [0, 0.1) is 6.92 Å². The van der Waals surface area contributed by atoms with Crippen molar-refractivity contribution in [1.29, 1.82) is 0 Å². The summed E-state index contributed by atoms with van der Waals surface area (Å²) in [6.45, 7) is 2.04. The van der Waals surface area contributed by atoms with Crippen molar-refractivity contribution in [3.8, 4) is 0 Å². The number of primary amides is 1. The maximum Gasteiger partial charge on any atom is 0.238 e. The third-order valence-electron chi connectivity index (χ3n) is 2.69. The van der Waals surface area contributed by atoms with Crippen LogP contribution in [0.3, 0.4) is 0 Å². The Hall–Kier alpha value is -1.87. The molecule has 2 aromatic rings. The highest BCUT2D eigenvalue weighted by Gasteiger charge is 2.11. The number of hydrogen-bond acceptors (Lipinski definition) is 2. The lowest BCUT2D eigenvalue weighted by molar-refractivity contribution is -0.119. The molecule has 1 unspecified atom stereocenters. The van der Waals surface area contributed by atoms with E-state index in [1.54, 1.807) is 0 Å². The molecule has 0 spiro atoms. The lowest BCUT2D eigenvalue weighted by atomic mass is 10.0. The Bertz CT molecular complexity index is 549. The molecule has 1 amide bonds. The van der Waals surface area contributed by atoms with Gasteiger partial charge < -0.3 is 11.5 Å². The first-order valence-corrected chi connectivity index (χ1v) is 5.13. The average molecular weight is 214 g/mol. The summed E-state index contributed by atoms with van der Waals surface area (Å²) < 4.78 is 0. The molecule has 2 aromatic carbocycles. The minimum absolute atomic E-state index is 0.508. The normalized spacial score (nSPS) is 12.6. The summed E-state index contributed by atoms with van der Waals surface area (Å²) >= 11 is 0. The monoisotopic (exact) mass is 214 g/mol. The first kappa shape index (κ1) is 10.6. The number of carbonyl (C=O) groups is 1. The maximum absolute atomic E-state index is 11.0. The van der Waals surface area contributed by atoms with Gasteiger partial charge in [0, 0.05) is 0 Å². The van der Waals surface area contributed by atoms with Gasteiger partial charge in [0.1, 0.15) is 6.04 Å². The van der Waals surface area contributed by atoms with E-state index >= 15 is 0 Å². The zero-order chi connectivity index (χ0) is 11.7. The molecule has 3 heteroatoms. The minimum atomic E-state index is -0.731. The van der Waals surface area contributed by atoms with Gasteiger partial charge in [-0.15, -0.1) is 0 Å². The fourth-order valence-corrected chi connectivity index (χ4v) is 1.74. The standard InChI is InChI=1S/C13H14N2O/c1-8-2-3-10-7-11(12(14)13(15)16)5-4-9(10)6-8/h2-7,12H,14H2,1H3,(H2,15,16). The largest absolute Gasteiger partial charge is 0.368 e. The van der Waals surface area contributed by atoms with Gasteiger partial charge in [-0.3, -0.25) is 4.79 Å². The highest BCUT2D eigenvalue weighted by Crippen LogP contribution is 2.20. The first-order valence-electron chi connectivity index (χ1n) is 5.13. The lowest BCUT2D eigenvalue weighted by Crippen LogP contribution is -2.28. The molecule has 82 valence electrons. The highest BCUT2D eigenvalue weighted by molar-refractivity contribution is 5.87. The van der Waals surface area contributed by atoms with Crippen molar-refractivity contribution in [2.24, 2.45) is 11.5 Å². The molecule has 0 aliphatic carbocycles. The van der Waals surface area contributed by atoms with Crippen molar-refractivity contribution in [1.82, 2.24) is 0 Å². The van der Waals surface area contributed by atoms with E-state index in [-0.39, 0.29) is 0 Å². The molecule has 0 aromatic heterocycles. The summed E-state index contributed by atoms with van der Waals surface area (Å²) in [4.78, 5) is 11.0. The number of carbonyl (C=O) groups excluding carboxylic acids is 1. The van der Waals surface area contributed by atoms with Crippen LogP contribution >= 0.6 is 0 Å². The summed E-state index contributed by atoms with van der Waals surface area (Å²) in [5.74, 6) is -0.508. The molecule has 1 atom stereocenters. The molecule has 0 fully saturated rings. The van der Waals surface area contributed by atoms with Crippen molar-refractivity contribution in [2.45, 2.75) is 13.0 Å². The Balaban J connectivity index is 2.52. The van der Waals surface area contributed by atoms with Crippen LogP contribution in [0.15, 0.2) is 36.4 Å². The zero-order valence-corrected chi connectivity index (χ0v) is 9.10. The predicted octanol–water partition coefficient (Wildman–Crippen LogP) is 1.63. The summed E-state index contributed by atoms with van der Waals surface area (Å²) in [6, 6.07) is 11.1. The van der Waals surface area contributed by atoms with Gasteiger partial charge in [-0.25, -0.2) is 0 Å². The fourth-order valence-electron chi connectivity index (χ4n) is 1.74. The number of aryl methyl sites for hydroxylation is 1. The third-order valence-corrected chi connectivity index (χ3v) is 2.69. The van der Waals surface area contributed by atoms with Crippen LogP contribution in [0.1, 0.15) is 17.2 Å². The molecule has 2 rings (SSSR count). The number of hydrogen-bond donors (Lipinski definition) is 2. The molecular weight excluding hydrogens is 200 g/mol. The molecule has 0 radical (unpaired) electrons. The lowest BCUT2D eigenvalue weighted by Gasteiger charge is -2.09. The van der Waals surface area contributed by atoms with Gasteiger partial charge in [-0.1, -0.05) is 35.9 Å². The van der Waals surface area contributed by atoms with Gasteiger partial charge in [0.15, 0.2) is 0 Å². The van der Waals surface area contributed by atoms with Crippen LogP contribution in [0.2, 0.25) is 0 Å².